The van der Waals surface area contributed by atoms with Gasteiger partial charge in [-0.1, -0.05) is 0 Å². The molecule has 6 heteroatoms. The zero-order chi connectivity index (χ0) is 12.5. The number of carbonyl (C=O) groups is 1. The molecule has 0 radical (unpaired) electrons. The van der Waals surface area contributed by atoms with Gasteiger partial charge in [0.05, 0.1) is 10.9 Å². The van der Waals surface area contributed by atoms with Crippen LogP contribution in [0.4, 0.5) is 13.2 Å². The first-order valence-electron chi connectivity index (χ1n) is 4.31. The lowest BCUT2D eigenvalue weighted by molar-refractivity contribution is -0.137. The number of hydrogen-bond acceptors (Lipinski definition) is 2. The maximum absolute atomic E-state index is 12.4. The van der Waals surface area contributed by atoms with Crippen LogP contribution in [0.3, 0.4) is 0 Å². The van der Waals surface area contributed by atoms with Gasteiger partial charge in [-0.15, -0.1) is 11.6 Å². The Morgan fingerprint density at radius 1 is 1.38 bits per heavy atom. The summed E-state index contributed by atoms with van der Waals surface area (Å²) < 4.78 is 37.1. The van der Waals surface area contributed by atoms with Crippen molar-refractivity contribution < 1.29 is 23.1 Å². The molecule has 1 rings (SSSR count). The molecule has 88 valence electrons. The summed E-state index contributed by atoms with van der Waals surface area (Å²) in [6, 6.07) is 2.17. The Morgan fingerprint density at radius 3 is 2.38 bits per heavy atom. The average molecular weight is 253 g/mol. The van der Waals surface area contributed by atoms with Crippen LogP contribution in [0.25, 0.3) is 0 Å². The number of alkyl halides is 4. The number of ketones is 1. The number of hydrogen-bond donors (Lipinski definition) is 1. The molecule has 0 bridgehead atoms. The van der Waals surface area contributed by atoms with E-state index in [-0.39, 0.29) is 5.56 Å². The van der Waals surface area contributed by atoms with Crippen molar-refractivity contribution in [3.63, 3.8) is 0 Å². The zero-order valence-corrected chi connectivity index (χ0v) is 8.93. The van der Waals surface area contributed by atoms with Crippen LogP contribution in [0.2, 0.25) is 0 Å². The Hall–Kier alpha value is -1.23. The van der Waals surface area contributed by atoms with Gasteiger partial charge in [-0.05, 0) is 25.1 Å². The van der Waals surface area contributed by atoms with Gasteiger partial charge in [-0.2, -0.15) is 13.2 Å². The van der Waals surface area contributed by atoms with Crippen LogP contribution in [0, 0.1) is 0 Å². The predicted octanol–water partition coefficient (Wildman–Crippen LogP) is 3.22. The lowest BCUT2D eigenvalue weighted by atomic mass is 10.0. The number of phenols is 1. The molecule has 16 heavy (non-hydrogen) atoms. The minimum Gasteiger partial charge on any atom is -0.508 e. The number of rotatable bonds is 2. The van der Waals surface area contributed by atoms with Crippen LogP contribution >= 0.6 is 11.6 Å². The van der Waals surface area contributed by atoms with E-state index in [0.29, 0.717) is 12.1 Å². The van der Waals surface area contributed by atoms with Gasteiger partial charge in [0.15, 0.2) is 5.78 Å². The average Bonchev–Trinajstić information content (AvgIpc) is 2.14. The Labute approximate surface area is 94.6 Å². The van der Waals surface area contributed by atoms with Crippen molar-refractivity contribution >= 4 is 17.4 Å². The van der Waals surface area contributed by atoms with Gasteiger partial charge in [0.2, 0.25) is 0 Å². The van der Waals surface area contributed by atoms with Gasteiger partial charge in [0.1, 0.15) is 5.75 Å². The number of phenolic OH excluding ortho intramolecular Hbond substituents is 1. The minimum absolute atomic E-state index is 0.255. The molecule has 0 aliphatic heterocycles. The fourth-order valence-electron chi connectivity index (χ4n) is 1.15. The van der Waals surface area contributed by atoms with E-state index in [1.54, 1.807) is 0 Å². The number of aromatic hydroxyl groups is 1. The van der Waals surface area contributed by atoms with E-state index in [2.05, 4.69) is 0 Å². The van der Waals surface area contributed by atoms with Gasteiger partial charge in [0, 0.05) is 5.56 Å². The lowest BCUT2D eigenvalue weighted by Gasteiger charge is -2.10. The topological polar surface area (TPSA) is 37.3 Å². The normalized spacial score (nSPS) is 13.6. The predicted molar refractivity (Wildman–Crippen MR) is 52.8 cm³/mol. The first-order chi connectivity index (χ1) is 7.21. The van der Waals surface area contributed by atoms with Crippen molar-refractivity contribution in [2.75, 3.05) is 0 Å². The standard InChI is InChI=1S/C10H8ClF3O2/c1-5(11)9(16)6-2-7(10(12,13)14)4-8(15)3-6/h2-5,15H,1H3. The number of carbonyl (C=O) groups excluding carboxylic acids is 1. The molecule has 2 nitrogen and oxygen atoms in total. The second kappa shape index (κ2) is 4.33. The number of benzene rings is 1. The lowest BCUT2D eigenvalue weighted by Crippen LogP contribution is -2.13. The van der Waals surface area contributed by atoms with E-state index in [0.717, 1.165) is 6.07 Å². The fraction of sp³-hybridized carbons (Fsp3) is 0.300. The van der Waals surface area contributed by atoms with Crippen molar-refractivity contribution in [1.82, 2.24) is 0 Å². The van der Waals surface area contributed by atoms with Crippen molar-refractivity contribution in [2.24, 2.45) is 0 Å². The Kier molecular flexibility index (Phi) is 3.48. The van der Waals surface area contributed by atoms with E-state index in [1.165, 1.54) is 6.92 Å². The van der Waals surface area contributed by atoms with Crippen LogP contribution in [-0.4, -0.2) is 16.3 Å². The zero-order valence-electron chi connectivity index (χ0n) is 8.18. The smallest absolute Gasteiger partial charge is 0.416 e. The molecule has 1 unspecified atom stereocenters. The maximum Gasteiger partial charge on any atom is 0.416 e. The fourth-order valence-corrected chi connectivity index (χ4v) is 1.27. The highest BCUT2D eigenvalue weighted by atomic mass is 35.5. The molecule has 0 fully saturated rings. The highest BCUT2D eigenvalue weighted by Gasteiger charge is 2.32. The summed E-state index contributed by atoms with van der Waals surface area (Å²) >= 11 is 5.47. The second-order valence-electron chi connectivity index (χ2n) is 3.25. The van der Waals surface area contributed by atoms with Crippen molar-refractivity contribution in [2.45, 2.75) is 18.5 Å². The monoisotopic (exact) mass is 252 g/mol. The molecule has 0 heterocycles. The quantitative estimate of drug-likeness (QED) is 0.648. The van der Waals surface area contributed by atoms with Gasteiger partial charge in [-0.25, -0.2) is 0 Å². The number of halogens is 4. The molecule has 1 N–H and O–H groups in total. The molecule has 1 aromatic rings. The third-order valence-electron chi connectivity index (χ3n) is 1.89. The first kappa shape index (κ1) is 12.8. The minimum atomic E-state index is -4.61. The Balaban J connectivity index is 3.24. The SMILES string of the molecule is CC(Cl)C(=O)c1cc(O)cc(C(F)(F)F)c1. The molecular weight excluding hydrogens is 245 g/mol. The van der Waals surface area contributed by atoms with Gasteiger partial charge in [0.25, 0.3) is 0 Å². The molecule has 0 aliphatic carbocycles. The van der Waals surface area contributed by atoms with Crippen LogP contribution in [-0.2, 0) is 6.18 Å². The van der Waals surface area contributed by atoms with E-state index in [9.17, 15) is 18.0 Å². The number of Topliss-reactive ketones (excluding diaryl/α,β-unsaturated/α-hetero) is 1. The molecule has 0 aliphatic rings. The van der Waals surface area contributed by atoms with E-state index in [1.807, 2.05) is 0 Å². The molecule has 0 spiro atoms. The third kappa shape index (κ3) is 2.88. The van der Waals surface area contributed by atoms with Crippen LogP contribution in [0.1, 0.15) is 22.8 Å². The van der Waals surface area contributed by atoms with Gasteiger partial charge >= 0.3 is 6.18 Å². The van der Waals surface area contributed by atoms with Crippen LogP contribution in [0.5, 0.6) is 5.75 Å². The summed E-state index contributed by atoms with van der Waals surface area (Å²) in [6.07, 6.45) is -4.61. The van der Waals surface area contributed by atoms with E-state index >= 15 is 0 Å². The highest BCUT2D eigenvalue weighted by molar-refractivity contribution is 6.33. The molecule has 1 aromatic carbocycles. The summed E-state index contributed by atoms with van der Waals surface area (Å²) in [4.78, 5) is 11.4. The van der Waals surface area contributed by atoms with Crippen LogP contribution in [0.15, 0.2) is 18.2 Å². The second-order valence-corrected chi connectivity index (χ2v) is 3.90. The summed E-state index contributed by atoms with van der Waals surface area (Å²) in [6.45, 7) is 1.35. The van der Waals surface area contributed by atoms with E-state index < -0.39 is 28.6 Å². The van der Waals surface area contributed by atoms with Crippen molar-refractivity contribution in [3.8, 4) is 5.75 Å². The summed E-state index contributed by atoms with van der Waals surface area (Å²) in [5.74, 6) is -1.28. The molecule has 1 atom stereocenters. The molecule has 0 saturated carbocycles. The largest absolute Gasteiger partial charge is 0.508 e. The van der Waals surface area contributed by atoms with E-state index in [4.69, 9.17) is 16.7 Å². The third-order valence-corrected chi connectivity index (χ3v) is 2.09. The highest BCUT2D eigenvalue weighted by Crippen LogP contribution is 2.32. The Morgan fingerprint density at radius 2 is 1.94 bits per heavy atom. The summed E-state index contributed by atoms with van der Waals surface area (Å²) in [5, 5.41) is 8.15. The maximum atomic E-state index is 12.4. The van der Waals surface area contributed by atoms with Gasteiger partial charge < -0.3 is 5.11 Å². The molecule has 0 amide bonds. The van der Waals surface area contributed by atoms with Gasteiger partial charge in [-0.3, -0.25) is 4.79 Å². The van der Waals surface area contributed by atoms with Crippen LogP contribution < -0.4 is 0 Å². The summed E-state index contributed by atoms with van der Waals surface area (Å²) in [5.41, 5.74) is -1.33. The Bertz CT molecular complexity index is 413. The summed E-state index contributed by atoms with van der Waals surface area (Å²) in [7, 11) is 0. The van der Waals surface area contributed by atoms with Crippen molar-refractivity contribution in [1.29, 1.82) is 0 Å². The molecular formula is C10H8ClF3O2. The first-order valence-corrected chi connectivity index (χ1v) is 4.75. The molecule has 0 aromatic heterocycles. The molecule has 0 saturated heterocycles. The van der Waals surface area contributed by atoms with Crippen molar-refractivity contribution in [3.05, 3.63) is 29.3 Å².